The highest BCUT2D eigenvalue weighted by molar-refractivity contribution is 8.00. The van der Waals surface area contributed by atoms with Crippen LogP contribution in [0.25, 0.3) is 0 Å². The van der Waals surface area contributed by atoms with E-state index >= 15 is 0 Å². The lowest BCUT2D eigenvalue weighted by atomic mass is 10.3. The molecular weight excluding hydrogens is 363 g/mol. The number of halogens is 2. The van der Waals surface area contributed by atoms with Crippen LogP contribution in [0.5, 0.6) is 0 Å². The average Bonchev–Trinajstić information content (AvgIpc) is 3.21. The standard InChI is InChI=1S/C14H16ClFN2O3S2/c1-17(10-3-4-10)14(19)12-7-22-8-18(12)23(20,21)13-5-2-9(16)6-11(13)15/h2,5-6,10,12H,3-4,7-8H2,1H3. The second-order valence-corrected chi connectivity index (χ2v) is 8.93. The van der Waals surface area contributed by atoms with Crippen molar-refractivity contribution in [2.75, 3.05) is 18.7 Å². The average molecular weight is 379 g/mol. The fourth-order valence-electron chi connectivity index (χ4n) is 2.55. The van der Waals surface area contributed by atoms with E-state index in [1.165, 1.54) is 11.8 Å². The first kappa shape index (κ1) is 17.0. The van der Waals surface area contributed by atoms with Gasteiger partial charge in [-0.1, -0.05) is 11.6 Å². The molecule has 1 unspecified atom stereocenters. The van der Waals surface area contributed by atoms with Crippen LogP contribution >= 0.6 is 23.4 Å². The van der Waals surface area contributed by atoms with Crippen LogP contribution in [0.15, 0.2) is 23.1 Å². The second-order valence-electron chi connectivity index (χ2n) is 5.66. The third-order valence-corrected chi connectivity index (χ3v) is 7.56. The molecule has 0 bridgehead atoms. The number of amides is 1. The molecule has 1 amide bonds. The van der Waals surface area contributed by atoms with Gasteiger partial charge < -0.3 is 4.90 Å². The fraction of sp³-hybridized carbons (Fsp3) is 0.500. The van der Waals surface area contributed by atoms with Crippen molar-refractivity contribution < 1.29 is 17.6 Å². The summed E-state index contributed by atoms with van der Waals surface area (Å²) in [4.78, 5) is 14.0. The van der Waals surface area contributed by atoms with E-state index in [1.807, 2.05) is 0 Å². The number of hydrogen-bond acceptors (Lipinski definition) is 4. The Morgan fingerprint density at radius 1 is 1.43 bits per heavy atom. The van der Waals surface area contributed by atoms with Crippen LogP contribution in [-0.4, -0.2) is 54.3 Å². The minimum Gasteiger partial charge on any atom is -0.341 e. The summed E-state index contributed by atoms with van der Waals surface area (Å²) in [5.41, 5.74) is 0. The first-order chi connectivity index (χ1) is 10.8. The van der Waals surface area contributed by atoms with Crippen molar-refractivity contribution in [3.63, 3.8) is 0 Å². The summed E-state index contributed by atoms with van der Waals surface area (Å²) in [7, 11) is -2.25. The van der Waals surface area contributed by atoms with Crippen LogP contribution in [0.2, 0.25) is 5.02 Å². The Balaban J connectivity index is 1.90. The molecule has 3 rings (SSSR count). The van der Waals surface area contributed by atoms with Gasteiger partial charge in [-0.15, -0.1) is 11.8 Å². The molecule has 1 saturated heterocycles. The number of likely N-dealkylation sites (N-methyl/N-ethyl adjacent to an activating group) is 1. The van der Waals surface area contributed by atoms with Gasteiger partial charge >= 0.3 is 0 Å². The van der Waals surface area contributed by atoms with E-state index in [4.69, 9.17) is 11.6 Å². The monoisotopic (exact) mass is 378 g/mol. The number of thioether (sulfide) groups is 1. The zero-order valence-corrected chi connectivity index (χ0v) is 14.8. The lowest BCUT2D eigenvalue weighted by Crippen LogP contribution is -2.48. The molecule has 2 aliphatic rings. The van der Waals surface area contributed by atoms with E-state index in [-0.39, 0.29) is 27.7 Å². The highest BCUT2D eigenvalue weighted by Crippen LogP contribution is 2.34. The Bertz CT molecular complexity index is 740. The molecule has 1 aromatic carbocycles. The summed E-state index contributed by atoms with van der Waals surface area (Å²) in [6.45, 7) is 0. The van der Waals surface area contributed by atoms with Crippen molar-refractivity contribution in [1.29, 1.82) is 0 Å². The molecule has 9 heteroatoms. The zero-order valence-electron chi connectivity index (χ0n) is 12.4. The van der Waals surface area contributed by atoms with Crippen LogP contribution in [0, 0.1) is 5.82 Å². The maximum absolute atomic E-state index is 13.2. The Labute approximate surface area is 143 Å². The molecule has 23 heavy (non-hydrogen) atoms. The summed E-state index contributed by atoms with van der Waals surface area (Å²) < 4.78 is 40.0. The minimum absolute atomic E-state index is 0.171. The van der Waals surface area contributed by atoms with Gasteiger partial charge in [-0.05, 0) is 31.0 Å². The van der Waals surface area contributed by atoms with E-state index in [0.717, 1.165) is 35.3 Å². The topological polar surface area (TPSA) is 57.7 Å². The lowest BCUT2D eigenvalue weighted by Gasteiger charge is -2.27. The lowest BCUT2D eigenvalue weighted by molar-refractivity contribution is -0.133. The smallest absolute Gasteiger partial charge is 0.246 e. The molecule has 1 aliphatic heterocycles. The van der Waals surface area contributed by atoms with Crippen molar-refractivity contribution in [1.82, 2.24) is 9.21 Å². The van der Waals surface area contributed by atoms with Crippen LogP contribution in [0.4, 0.5) is 4.39 Å². The Kier molecular flexibility index (Phi) is 4.61. The Morgan fingerprint density at radius 3 is 2.74 bits per heavy atom. The number of benzene rings is 1. The van der Waals surface area contributed by atoms with E-state index in [1.54, 1.807) is 11.9 Å². The van der Waals surface area contributed by atoms with Crippen LogP contribution in [0.1, 0.15) is 12.8 Å². The van der Waals surface area contributed by atoms with Crippen LogP contribution in [-0.2, 0) is 14.8 Å². The molecule has 0 spiro atoms. The van der Waals surface area contributed by atoms with Crippen LogP contribution in [0.3, 0.4) is 0 Å². The number of carbonyl (C=O) groups excluding carboxylic acids is 1. The minimum atomic E-state index is -3.95. The maximum atomic E-state index is 13.2. The quantitative estimate of drug-likeness (QED) is 0.805. The van der Waals surface area contributed by atoms with E-state index in [9.17, 15) is 17.6 Å². The second kappa shape index (κ2) is 6.23. The summed E-state index contributed by atoms with van der Waals surface area (Å²) in [6, 6.07) is 2.63. The van der Waals surface area contributed by atoms with Gasteiger partial charge in [0.15, 0.2) is 0 Å². The van der Waals surface area contributed by atoms with E-state index in [0.29, 0.717) is 5.75 Å². The van der Waals surface area contributed by atoms with E-state index in [2.05, 4.69) is 0 Å². The molecule has 1 atom stereocenters. The number of rotatable bonds is 4. The molecule has 0 radical (unpaired) electrons. The summed E-state index contributed by atoms with van der Waals surface area (Å²) >= 11 is 7.28. The SMILES string of the molecule is CN(C(=O)C1CSCN1S(=O)(=O)c1ccc(F)cc1Cl)C1CC1. The molecule has 1 saturated carbocycles. The van der Waals surface area contributed by atoms with Gasteiger partial charge in [-0.3, -0.25) is 4.79 Å². The molecule has 1 heterocycles. The van der Waals surface area contributed by atoms with Crippen molar-refractivity contribution in [3.8, 4) is 0 Å². The predicted molar refractivity (Wildman–Crippen MR) is 87.3 cm³/mol. The van der Waals surface area contributed by atoms with Crippen molar-refractivity contribution in [2.24, 2.45) is 0 Å². The van der Waals surface area contributed by atoms with Gasteiger partial charge in [0.2, 0.25) is 15.9 Å². The molecule has 1 aliphatic carbocycles. The molecule has 1 aromatic rings. The highest BCUT2D eigenvalue weighted by Gasteiger charge is 2.44. The number of carbonyl (C=O) groups is 1. The molecule has 2 fully saturated rings. The van der Waals surface area contributed by atoms with Crippen LogP contribution < -0.4 is 0 Å². The Morgan fingerprint density at radius 2 is 2.13 bits per heavy atom. The number of hydrogen-bond donors (Lipinski definition) is 0. The van der Waals surface area contributed by atoms with Crippen molar-refractivity contribution in [2.45, 2.75) is 29.8 Å². The molecule has 5 nitrogen and oxygen atoms in total. The Hall–Kier alpha value is -0.830. The largest absolute Gasteiger partial charge is 0.341 e. The van der Waals surface area contributed by atoms with Crippen molar-refractivity contribution in [3.05, 3.63) is 29.0 Å². The first-order valence-corrected chi connectivity index (χ1v) is 10.1. The predicted octanol–water partition coefficient (Wildman–Crippen LogP) is 2.16. The third-order valence-electron chi connectivity index (χ3n) is 4.05. The molecular formula is C14H16ClFN2O3S2. The molecule has 0 N–H and O–H groups in total. The first-order valence-electron chi connectivity index (χ1n) is 7.13. The van der Waals surface area contributed by atoms with E-state index < -0.39 is 21.9 Å². The normalized spacial score (nSPS) is 22.3. The summed E-state index contributed by atoms with van der Waals surface area (Å²) in [5.74, 6) is -0.205. The zero-order chi connectivity index (χ0) is 16.8. The fourth-order valence-corrected chi connectivity index (χ4v) is 6.19. The summed E-state index contributed by atoms with van der Waals surface area (Å²) in [6.07, 6.45) is 1.91. The summed E-state index contributed by atoms with van der Waals surface area (Å²) in [5, 5.41) is -0.177. The third kappa shape index (κ3) is 3.22. The van der Waals surface area contributed by atoms with Gasteiger partial charge in [-0.2, -0.15) is 4.31 Å². The van der Waals surface area contributed by atoms with Gasteiger partial charge in [0.05, 0.1) is 10.9 Å². The van der Waals surface area contributed by atoms with Gasteiger partial charge in [0.25, 0.3) is 0 Å². The van der Waals surface area contributed by atoms with Gasteiger partial charge in [-0.25, -0.2) is 12.8 Å². The van der Waals surface area contributed by atoms with Gasteiger partial charge in [0.1, 0.15) is 16.8 Å². The number of sulfonamides is 1. The molecule has 126 valence electrons. The maximum Gasteiger partial charge on any atom is 0.246 e. The highest BCUT2D eigenvalue weighted by atomic mass is 35.5. The van der Waals surface area contributed by atoms with Gasteiger partial charge in [0, 0.05) is 18.8 Å². The molecule has 0 aromatic heterocycles. The number of nitrogens with zero attached hydrogens (tertiary/aromatic N) is 2. The van der Waals surface area contributed by atoms with Crippen molar-refractivity contribution >= 4 is 39.3 Å².